The zero-order valence-corrected chi connectivity index (χ0v) is 16.8. The van der Waals surface area contributed by atoms with Crippen LogP contribution in [0.15, 0.2) is 64.9 Å². The number of aromatic nitrogens is 1. The van der Waals surface area contributed by atoms with Gasteiger partial charge in [-0.1, -0.05) is 36.4 Å². The summed E-state index contributed by atoms with van der Waals surface area (Å²) in [4.78, 5) is 6.04. The van der Waals surface area contributed by atoms with Crippen LogP contribution in [0.1, 0.15) is 5.69 Å². The van der Waals surface area contributed by atoms with Gasteiger partial charge >= 0.3 is 0 Å². The highest BCUT2D eigenvalue weighted by Crippen LogP contribution is 2.23. The van der Waals surface area contributed by atoms with E-state index in [4.69, 9.17) is 4.98 Å². The molecule has 0 amide bonds. The number of thiazole rings is 1. The molecule has 1 aliphatic rings. The molecule has 5 nitrogen and oxygen atoms in total. The third-order valence-corrected chi connectivity index (χ3v) is 7.70. The van der Waals surface area contributed by atoms with E-state index in [1.165, 1.54) is 27.4 Å². The van der Waals surface area contributed by atoms with Gasteiger partial charge in [0.25, 0.3) is 0 Å². The molecule has 0 saturated carbocycles. The van der Waals surface area contributed by atoms with E-state index in [0.717, 1.165) is 28.9 Å². The summed E-state index contributed by atoms with van der Waals surface area (Å²) in [6, 6.07) is 15.3. The summed E-state index contributed by atoms with van der Waals surface area (Å²) in [6.45, 7) is 3.02. The number of halogens is 1. The summed E-state index contributed by atoms with van der Waals surface area (Å²) in [5.74, 6) is -0.539. The second kappa shape index (κ2) is 8.08. The van der Waals surface area contributed by atoms with Crippen molar-refractivity contribution in [1.82, 2.24) is 9.29 Å². The number of quaternary nitrogens is 1. The van der Waals surface area contributed by atoms with E-state index in [-0.39, 0.29) is 4.90 Å². The Hall–Kier alpha value is -2.13. The smallest absolute Gasteiger partial charge is 0.243 e. The molecular formula is C20H21FN3O2S2+. The third kappa shape index (κ3) is 4.15. The second-order valence-corrected chi connectivity index (χ2v) is 9.59. The molecule has 1 N–H and O–H groups in total. The molecule has 0 aliphatic carbocycles. The Kier molecular flexibility index (Phi) is 5.54. The molecule has 0 spiro atoms. The van der Waals surface area contributed by atoms with Gasteiger partial charge in [-0.25, -0.2) is 17.8 Å². The fourth-order valence-corrected chi connectivity index (χ4v) is 5.65. The molecule has 8 heteroatoms. The van der Waals surface area contributed by atoms with E-state index < -0.39 is 15.8 Å². The lowest BCUT2D eigenvalue weighted by atomic mass is 10.2. The fraction of sp³-hybridized carbons (Fsp3) is 0.250. The maximum atomic E-state index is 13.4. The Labute approximate surface area is 168 Å². The zero-order chi connectivity index (χ0) is 19.6. The van der Waals surface area contributed by atoms with Gasteiger partial charge in [-0.15, -0.1) is 11.3 Å². The first-order valence-corrected chi connectivity index (χ1v) is 11.4. The van der Waals surface area contributed by atoms with Gasteiger partial charge < -0.3 is 4.90 Å². The van der Waals surface area contributed by atoms with Crippen LogP contribution in [0.4, 0.5) is 4.39 Å². The topological polar surface area (TPSA) is 54.7 Å². The highest BCUT2D eigenvalue weighted by Gasteiger charge is 2.30. The predicted octanol–water partition coefficient (Wildman–Crippen LogP) is 2.04. The number of piperazine rings is 1. The molecule has 146 valence electrons. The van der Waals surface area contributed by atoms with E-state index in [1.54, 1.807) is 11.3 Å². The lowest BCUT2D eigenvalue weighted by molar-refractivity contribution is -0.917. The SMILES string of the molecule is O=S(=O)(c1cccc(F)c1)N1CC[NH+](Cc2csc(-c3ccccc3)n2)CC1. The summed E-state index contributed by atoms with van der Waals surface area (Å²) >= 11 is 1.63. The van der Waals surface area contributed by atoms with Crippen molar-refractivity contribution < 1.29 is 17.7 Å². The van der Waals surface area contributed by atoms with Gasteiger partial charge in [0.2, 0.25) is 10.0 Å². The number of hydrogen-bond donors (Lipinski definition) is 1. The molecule has 0 unspecified atom stereocenters. The first-order chi connectivity index (χ1) is 13.5. The van der Waals surface area contributed by atoms with Crippen molar-refractivity contribution in [2.24, 2.45) is 0 Å². The molecule has 1 saturated heterocycles. The van der Waals surface area contributed by atoms with Gasteiger partial charge in [0.15, 0.2) is 0 Å². The average molecular weight is 419 g/mol. The van der Waals surface area contributed by atoms with Crippen molar-refractivity contribution in [3.05, 3.63) is 71.5 Å². The molecule has 0 atom stereocenters. The van der Waals surface area contributed by atoms with Crippen molar-refractivity contribution in [2.75, 3.05) is 26.2 Å². The van der Waals surface area contributed by atoms with Gasteiger partial charge in [-0.05, 0) is 18.2 Å². The molecule has 28 heavy (non-hydrogen) atoms. The van der Waals surface area contributed by atoms with E-state index in [2.05, 4.69) is 5.38 Å². The quantitative estimate of drug-likeness (QED) is 0.690. The molecule has 3 aromatic rings. The van der Waals surface area contributed by atoms with Crippen molar-refractivity contribution in [3.8, 4) is 10.6 Å². The standard InChI is InChI=1S/C20H20FN3O2S2/c21-17-7-4-8-19(13-17)28(25,26)24-11-9-23(10-12-24)14-18-15-27-20(22-18)16-5-2-1-3-6-16/h1-8,13,15H,9-12,14H2/p+1. The molecule has 4 rings (SSSR count). The van der Waals surface area contributed by atoms with Crippen molar-refractivity contribution >= 4 is 21.4 Å². The van der Waals surface area contributed by atoms with Crippen LogP contribution >= 0.6 is 11.3 Å². The molecule has 0 bridgehead atoms. The Morgan fingerprint density at radius 3 is 2.54 bits per heavy atom. The highest BCUT2D eigenvalue weighted by molar-refractivity contribution is 7.89. The van der Waals surface area contributed by atoms with Crippen LogP contribution in [0, 0.1) is 5.82 Å². The minimum Gasteiger partial charge on any atom is -0.328 e. The van der Waals surface area contributed by atoms with Crippen LogP contribution in [0.5, 0.6) is 0 Å². The van der Waals surface area contributed by atoms with E-state index in [9.17, 15) is 12.8 Å². The fourth-order valence-electron chi connectivity index (χ4n) is 3.35. The number of nitrogens with zero attached hydrogens (tertiary/aromatic N) is 2. The maximum absolute atomic E-state index is 13.4. The molecule has 0 radical (unpaired) electrons. The number of hydrogen-bond acceptors (Lipinski definition) is 4. The van der Waals surface area contributed by atoms with Crippen LogP contribution in [0.2, 0.25) is 0 Å². The first-order valence-electron chi connectivity index (χ1n) is 9.11. The van der Waals surface area contributed by atoms with Crippen molar-refractivity contribution in [1.29, 1.82) is 0 Å². The summed E-state index contributed by atoms with van der Waals surface area (Å²) in [6.07, 6.45) is 0. The number of nitrogens with one attached hydrogen (secondary N) is 1. The molecule has 2 aromatic carbocycles. The summed E-state index contributed by atoms with van der Waals surface area (Å²) < 4.78 is 40.3. The van der Waals surface area contributed by atoms with Gasteiger partial charge in [-0.3, -0.25) is 0 Å². The average Bonchev–Trinajstić information content (AvgIpc) is 3.18. The zero-order valence-electron chi connectivity index (χ0n) is 15.2. The van der Waals surface area contributed by atoms with Crippen LogP contribution in [0.25, 0.3) is 10.6 Å². The van der Waals surface area contributed by atoms with Gasteiger partial charge in [0, 0.05) is 10.9 Å². The molecule has 2 heterocycles. The number of rotatable bonds is 5. The Balaban J connectivity index is 1.38. The summed E-state index contributed by atoms with van der Waals surface area (Å²) in [7, 11) is -3.65. The minimum atomic E-state index is -3.65. The van der Waals surface area contributed by atoms with Crippen LogP contribution in [0.3, 0.4) is 0 Å². The first kappa shape index (κ1) is 19.2. The molecule has 1 aliphatic heterocycles. The van der Waals surface area contributed by atoms with Crippen molar-refractivity contribution in [2.45, 2.75) is 11.4 Å². The molecule has 1 aromatic heterocycles. The van der Waals surface area contributed by atoms with Gasteiger partial charge in [0.1, 0.15) is 23.1 Å². The van der Waals surface area contributed by atoms with Crippen LogP contribution < -0.4 is 4.90 Å². The minimum absolute atomic E-state index is 0.0166. The lowest BCUT2D eigenvalue weighted by Crippen LogP contribution is -3.13. The van der Waals surface area contributed by atoms with Gasteiger partial charge in [0.05, 0.1) is 31.1 Å². The van der Waals surface area contributed by atoms with Crippen LogP contribution in [-0.4, -0.2) is 43.9 Å². The number of benzene rings is 2. The Morgan fingerprint density at radius 1 is 1.07 bits per heavy atom. The van der Waals surface area contributed by atoms with Crippen LogP contribution in [-0.2, 0) is 16.6 Å². The van der Waals surface area contributed by atoms with E-state index in [0.29, 0.717) is 26.2 Å². The molecule has 1 fully saturated rings. The summed E-state index contributed by atoms with van der Waals surface area (Å²) in [5.41, 5.74) is 2.14. The third-order valence-electron chi connectivity index (χ3n) is 4.87. The Bertz CT molecular complexity index is 1050. The molecular weight excluding hydrogens is 397 g/mol. The lowest BCUT2D eigenvalue weighted by Gasteiger charge is -2.31. The second-order valence-electron chi connectivity index (χ2n) is 6.80. The van der Waals surface area contributed by atoms with E-state index >= 15 is 0 Å². The summed E-state index contributed by atoms with van der Waals surface area (Å²) in [5, 5.41) is 3.08. The highest BCUT2D eigenvalue weighted by atomic mass is 32.2. The number of sulfonamides is 1. The van der Waals surface area contributed by atoms with Gasteiger partial charge in [-0.2, -0.15) is 4.31 Å². The largest absolute Gasteiger partial charge is 0.328 e. The monoisotopic (exact) mass is 418 g/mol. The maximum Gasteiger partial charge on any atom is 0.243 e. The predicted molar refractivity (Wildman–Crippen MR) is 107 cm³/mol. The van der Waals surface area contributed by atoms with E-state index in [1.807, 2.05) is 30.3 Å². The Morgan fingerprint density at radius 2 is 1.82 bits per heavy atom. The normalized spacial score (nSPS) is 16.3. The van der Waals surface area contributed by atoms with Crippen molar-refractivity contribution in [3.63, 3.8) is 0 Å².